The van der Waals surface area contributed by atoms with Gasteiger partial charge >= 0.3 is 0 Å². The van der Waals surface area contributed by atoms with E-state index < -0.39 is 59.6 Å². The maximum Gasteiger partial charge on any atom is 0.283 e. The minimum Gasteiger partial charge on any atom is -0.383 e. The number of carbonyl (C=O) groups excluding carboxylic acids is 6. The van der Waals surface area contributed by atoms with E-state index in [2.05, 4.69) is 41.5 Å². The Hall–Kier alpha value is -12.1. The van der Waals surface area contributed by atoms with Crippen molar-refractivity contribution in [2.75, 3.05) is 43.5 Å². The minimum atomic E-state index is -3.06. The highest BCUT2D eigenvalue weighted by Crippen LogP contribution is 2.39. The monoisotopic (exact) mass is 1400 g/mol. The van der Waals surface area contributed by atoms with Crippen molar-refractivity contribution in [3.05, 3.63) is 242 Å². The number of aryl methyl sites for hydroxylation is 3. The van der Waals surface area contributed by atoms with Gasteiger partial charge in [0.05, 0.1) is 18.6 Å². The van der Waals surface area contributed by atoms with Gasteiger partial charge < -0.3 is 60.4 Å². The second-order valence-electron chi connectivity index (χ2n) is 24.4. The zero-order valence-corrected chi connectivity index (χ0v) is 55.9. The molecule has 2 atom stereocenters. The predicted molar refractivity (Wildman–Crippen MR) is 373 cm³/mol. The van der Waals surface area contributed by atoms with Gasteiger partial charge in [-0.25, -0.2) is 36.0 Å². The lowest BCUT2D eigenvalue weighted by Gasteiger charge is -2.23. The van der Waals surface area contributed by atoms with E-state index in [0.29, 0.717) is 66.1 Å². The molecular formula is C73H74F5N17O7. The van der Waals surface area contributed by atoms with Crippen molar-refractivity contribution >= 4 is 52.9 Å². The smallest absolute Gasteiger partial charge is 0.283 e. The maximum absolute atomic E-state index is 15.1. The van der Waals surface area contributed by atoms with E-state index in [1.165, 1.54) is 16.8 Å². The van der Waals surface area contributed by atoms with Gasteiger partial charge in [-0.3, -0.25) is 33.8 Å². The van der Waals surface area contributed by atoms with Crippen LogP contribution in [0.5, 0.6) is 0 Å². The van der Waals surface area contributed by atoms with Crippen LogP contribution in [0.3, 0.4) is 0 Å². The van der Waals surface area contributed by atoms with Crippen LogP contribution >= 0.6 is 0 Å². The van der Waals surface area contributed by atoms with E-state index >= 15 is 4.39 Å². The van der Waals surface area contributed by atoms with Crippen LogP contribution in [0.4, 0.5) is 39.4 Å². The van der Waals surface area contributed by atoms with Gasteiger partial charge in [-0.05, 0) is 116 Å². The molecule has 6 aromatic carbocycles. The number of hydrogen-bond donors (Lipinski definition) is 10. The van der Waals surface area contributed by atoms with Crippen LogP contribution in [-0.2, 0) is 24.4 Å². The highest BCUT2D eigenvalue weighted by molar-refractivity contribution is 6.05. The largest absolute Gasteiger partial charge is 0.383 e. The fraction of sp³-hybridized carbons (Fsp3) is 0.233. The molecule has 6 amide bonds. The van der Waals surface area contributed by atoms with E-state index in [9.17, 15) is 46.3 Å². The van der Waals surface area contributed by atoms with Crippen molar-refractivity contribution in [2.45, 2.75) is 84.2 Å². The van der Waals surface area contributed by atoms with Crippen molar-refractivity contribution in [3.8, 4) is 33.8 Å². The second kappa shape index (κ2) is 31.4. The number of amides is 6. The number of nitrogen functional groups attached to an aromatic ring is 3. The molecule has 2 saturated heterocycles. The average Bonchev–Trinajstić information content (AvgIpc) is 1.62. The van der Waals surface area contributed by atoms with E-state index in [1.807, 2.05) is 87.5 Å². The van der Waals surface area contributed by atoms with E-state index in [4.69, 9.17) is 39.1 Å². The molecule has 0 radical (unpaired) electrons. The van der Waals surface area contributed by atoms with Gasteiger partial charge in [0.25, 0.3) is 41.4 Å². The molecule has 2 unspecified atom stereocenters. The summed E-state index contributed by atoms with van der Waals surface area (Å²) in [5, 5.41) is 24.0. The van der Waals surface area contributed by atoms with Crippen LogP contribution in [0, 0.1) is 38.2 Å². The number of aromatic nitrogens is 7. The number of anilines is 3. The molecule has 24 nitrogen and oxygen atoms in total. The van der Waals surface area contributed by atoms with E-state index in [-0.39, 0.29) is 106 Å². The molecule has 2 fully saturated rings. The number of nitrogens with one attached hydrogen (secondary N) is 4. The summed E-state index contributed by atoms with van der Waals surface area (Å²) < 4.78 is 81.3. The van der Waals surface area contributed by atoms with Gasteiger partial charge in [0.1, 0.15) is 74.7 Å². The normalized spacial score (nSPS) is 14.3. The maximum atomic E-state index is 15.1. The van der Waals surface area contributed by atoms with Crippen LogP contribution in [0.25, 0.3) is 33.8 Å². The van der Waals surface area contributed by atoms with Crippen LogP contribution in [-0.4, -0.2) is 102 Å². The lowest BCUT2D eigenvalue weighted by Crippen LogP contribution is -2.31. The topological polar surface area (TPSA) is 382 Å². The standard InChI is InChI=1S/C26H26N6O2.C24H24F3N5O3.C23H24F2N6O2/c1-16-6-3-4-8-21(16)26(34)30-14-18-9-11-19(12-10-18)23-22(25(28)33)24(27)32(31-23)17(2)20-7-5-13-29-15-20;1-12-2-3-14(25)9-16(12)24(34)30-11-13-8-19(27)17(10-18(13)26)21-20(23(29)33)22(28)32(31-21)15-4-6-35-7-5-15;1-13-4-2-3-5-16(13)22(33)29-10-14-6-8-15(9-7-14)19-18(21(27)32)20(26)31(30-19)17-11-28-12-23(17,24)25/h3-13,15,17H,14,27H2,1-2H3,(H2,28,33)(H,30,34);2-3,8-10,15H,4-7,11,28H2,1H3,(H2,29,33)(H,30,34);2-9,17,28H,10-12,26H2,1H3,(H2,27,32)(H,29,33). The highest BCUT2D eigenvalue weighted by atomic mass is 19.3. The van der Waals surface area contributed by atoms with Gasteiger partial charge in [-0.15, -0.1) is 0 Å². The molecule has 528 valence electrons. The number of rotatable bonds is 19. The van der Waals surface area contributed by atoms with Gasteiger partial charge in [-0.2, -0.15) is 15.3 Å². The zero-order valence-electron chi connectivity index (χ0n) is 55.9. The molecule has 0 aliphatic carbocycles. The molecule has 6 heterocycles. The molecule has 0 bridgehead atoms. The zero-order chi connectivity index (χ0) is 73.3. The van der Waals surface area contributed by atoms with Gasteiger partial charge in [-0.1, -0.05) is 97.1 Å². The van der Waals surface area contributed by atoms with Crippen LogP contribution in [0.1, 0.15) is 139 Å². The highest BCUT2D eigenvalue weighted by Gasteiger charge is 2.47. The van der Waals surface area contributed by atoms with Gasteiger partial charge in [0.2, 0.25) is 0 Å². The summed E-state index contributed by atoms with van der Waals surface area (Å²) >= 11 is 0. The van der Waals surface area contributed by atoms with E-state index in [1.54, 1.807) is 66.5 Å². The second-order valence-corrected chi connectivity index (χ2v) is 24.4. The third kappa shape index (κ3) is 16.1. The Morgan fingerprint density at radius 2 is 1.08 bits per heavy atom. The van der Waals surface area contributed by atoms with Crippen LogP contribution < -0.4 is 55.7 Å². The van der Waals surface area contributed by atoms with Crippen molar-refractivity contribution in [2.24, 2.45) is 17.2 Å². The molecule has 12 rings (SSSR count). The molecule has 29 heteroatoms. The van der Waals surface area contributed by atoms with Crippen molar-refractivity contribution < 1.29 is 55.5 Å². The predicted octanol–water partition coefficient (Wildman–Crippen LogP) is 8.96. The van der Waals surface area contributed by atoms with Crippen molar-refractivity contribution in [1.29, 1.82) is 0 Å². The van der Waals surface area contributed by atoms with E-state index in [0.717, 1.165) is 50.7 Å². The Morgan fingerprint density at radius 1 is 0.578 bits per heavy atom. The summed E-state index contributed by atoms with van der Waals surface area (Å²) in [4.78, 5) is 77.8. The number of pyridine rings is 1. The Balaban J connectivity index is 0.000000165. The molecule has 2 aliphatic rings. The molecule has 4 aromatic heterocycles. The Kier molecular flexibility index (Phi) is 22.4. The van der Waals surface area contributed by atoms with Gasteiger partial charge in [0, 0.05) is 90.7 Å². The lowest BCUT2D eigenvalue weighted by molar-refractivity contribution is -0.0188. The minimum absolute atomic E-state index is 0.0268. The van der Waals surface area contributed by atoms with Gasteiger partial charge in [0.15, 0.2) is 0 Å². The first-order chi connectivity index (χ1) is 48.7. The number of nitrogens with zero attached hydrogens (tertiary/aromatic N) is 7. The number of ether oxygens (including phenoxy) is 1. The molecule has 102 heavy (non-hydrogen) atoms. The third-order valence-corrected chi connectivity index (χ3v) is 17.5. The Labute approximate surface area is 582 Å². The number of hydrogen-bond acceptors (Lipinski definition) is 15. The Bertz CT molecular complexity index is 4790. The molecule has 0 saturated carbocycles. The number of halogens is 5. The number of nitrogens with two attached hydrogens (primary N) is 6. The quantitative estimate of drug-likeness (QED) is 0.0338. The lowest BCUT2D eigenvalue weighted by atomic mass is 10.0. The first-order valence-corrected chi connectivity index (χ1v) is 32.2. The summed E-state index contributed by atoms with van der Waals surface area (Å²) in [5.74, 6) is -8.76. The molecule has 2 aliphatic heterocycles. The molecular weight excluding hydrogens is 1320 g/mol. The fourth-order valence-corrected chi connectivity index (χ4v) is 11.9. The summed E-state index contributed by atoms with van der Waals surface area (Å²) in [5.41, 5.74) is 42.3. The molecule has 0 spiro atoms. The first-order valence-electron chi connectivity index (χ1n) is 32.2. The summed E-state index contributed by atoms with van der Waals surface area (Å²) in [6, 6.07) is 36.5. The summed E-state index contributed by atoms with van der Waals surface area (Å²) in [6.07, 6.45) is 4.59. The summed E-state index contributed by atoms with van der Waals surface area (Å²) in [7, 11) is 0. The average molecular weight is 1400 g/mol. The third-order valence-electron chi connectivity index (χ3n) is 17.5. The molecule has 16 N–H and O–H groups in total. The van der Waals surface area contributed by atoms with Crippen molar-refractivity contribution in [3.63, 3.8) is 0 Å². The van der Waals surface area contributed by atoms with Crippen LogP contribution in [0.2, 0.25) is 0 Å². The summed E-state index contributed by atoms with van der Waals surface area (Å²) in [6.45, 7) is 8.05. The van der Waals surface area contributed by atoms with Crippen LogP contribution in [0.15, 0.2) is 152 Å². The SMILES string of the molecule is Cc1ccc(F)cc1C(=O)NCc1cc(F)c(-c2nn(C3CCOCC3)c(N)c2C(N)=O)cc1F.Cc1ccccc1C(=O)NCc1ccc(-c2nn(C(C)c3cccnc3)c(N)c2C(N)=O)cc1.Cc1ccccc1C(=O)NCc1ccc(-c2nn(C3CNCC3(F)F)c(N)c2C(N)=O)cc1. The Morgan fingerprint density at radius 3 is 1.61 bits per heavy atom. The number of alkyl halides is 2. The fourth-order valence-electron chi connectivity index (χ4n) is 11.9. The molecule has 10 aromatic rings. The number of primary amides is 3. The number of carbonyl (C=O) groups is 6. The number of benzene rings is 6. The first kappa shape index (κ1) is 72.6. The van der Waals surface area contributed by atoms with Crippen molar-refractivity contribution in [1.82, 2.24) is 55.6 Å².